The maximum absolute atomic E-state index is 2.73. The first-order valence-corrected chi connectivity index (χ1v) is 10.7. The molecule has 4 aliphatic rings. The summed E-state index contributed by atoms with van der Waals surface area (Å²) in [5.41, 5.74) is 1.94. The molecule has 4 aliphatic carbocycles. The second-order valence-electron chi connectivity index (χ2n) is 11.6. The first-order chi connectivity index (χ1) is 10.7. The molecule has 0 aliphatic heterocycles. The lowest BCUT2D eigenvalue weighted by Gasteiger charge is -2.61. The molecule has 0 aromatic carbocycles. The van der Waals surface area contributed by atoms with Gasteiger partial charge in [0.05, 0.1) is 0 Å². The van der Waals surface area contributed by atoms with Crippen molar-refractivity contribution in [1.82, 2.24) is 0 Å². The quantitative estimate of drug-likeness (QED) is 0.448. The van der Waals surface area contributed by atoms with Crippen molar-refractivity contribution in [3.8, 4) is 0 Å². The number of hydrogen-bond donors (Lipinski definition) is 0. The van der Waals surface area contributed by atoms with Gasteiger partial charge in [-0.1, -0.05) is 41.0 Å². The zero-order chi connectivity index (χ0) is 16.5. The van der Waals surface area contributed by atoms with Crippen molar-refractivity contribution in [3.05, 3.63) is 0 Å². The Labute approximate surface area is 145 Å². The van der Waals surface area contributed by atoms with Crippen LogP contribution in [0.5, 0.6) is 0 Å². The van der Waals surface area contributed by atoms with Crippen LogP contribution in [0.25, 0.3) is 0 Å². The highest BCUT2D eigenvalue weighted by Gasteiger charge is 2.58. The van der Waals surface area contributed by atoms with Gasteiger partial charge in [-0.05, 0) is 104 Å². The van der Waals surface area contributed by atoms with Crippen LogP contribution in [0.15, 0.2) is 0 Å². The van der Waals surface area contributed by atoms with E-state index in [4.69, 9.17) is 0 Å². The molecule has 0 saturated heterocycles. The topological polar surface area (TPSA) is 0 Å². The van der Waals surface area contributed by atoms with E-state index in [-0.39, 0.29) is 0 Å². The Hall–Kier alpha value is 0. The lowest BCUT2D eigenvalue weighted by Crippen LogP contribution is -2.53. The third-order valence-electron chi connectivity index (χ3n) is 9.67. The summed E-state index contributed by atoms with van der Waals surface area (Å²) in [4.78, 5) is 0. The number of fused-ring (bicyclic) bond motifs is 5. The van der Waals surface area contributed by atoms with Gasteiger partial charge in [0.2, 0.25) is 0 Å². The summed E-state index contributed by atoms with van der Waals surface area (Å²) in [6, 6.07) is 0. The number of rotatable bonds is 0. The summed E-state index contributed by atoms with van der Waals surface area (Å²) in [5, 5.41) is 0. The van der Waals surface area contributed by atoms with Gasteiger partial charge in [0.25, 0.3) is 0 Å². The monoisotopic (exact) mass is 316 g/mol. The Morgan fingerprint density at radius 1 is 0.783 bits per heavy atom. The molecule has 0 amide bonds. The van der Waals surface area contributed by atoms with Gasteiger partial charge in [0.15, 0.2) is 0 Å². The molecule has 0 radical (unpaired) electrons. The molecule has 0 N–H and O–H groups in total. The van der Waals surface area contributed by atoms with E-state index >= 15 is 0 Å². The van der Waals surface area contributed by atoms with Crippen molar-refractivity contribution in [2.45, 2.75) is 98.8 Å². The van der Waals surface area contributed by atoms with Gasteiger partial charge in [0.1, 0.15) is 0 Å². The third-order valence-corrected chi connectivity index (χ3v) is 9.67. The molecule has 4 rings (SSSR count). The smallest absolute Gasteiger partial charge is 0.0266 e. The number of hydrogen-bond acceptors (Lipinski definition) is 0. The van der Waals surface area contributed by atoms with Crippen molar-refractivity contribution in [1.29, 1.82) is 0 Å². The van der Waals surface area contributed by atoms with Crippen LogP contribution >= 0.6 is 0 Å². The van der Waals surface area contributed by atoms with Gasteiger partial charge in [-0.25, -0.2) is 0 Å². The first kappa shape index (κ1) is 16.5. The fourth-order valence-corrected chi connectivity index (χ4v) is 8.04. The molecule has 23 heavy (non-hydrogen) atoms. The summed E-state index contributed by atoms with van der Waals surface area (Å²) in [7, 11) is 0. The summed E-state index contributed by atoms with van der Waals surface area (Å²) in [6.45, 7) is 12.8. The average molecular weight is 317 g/mol. The van der Waals surface area contributed by atoms with Gasteiger partial charge in [0, 0.05) is 0 Å². The molecule has 4 saturated carbocycles. The Balaban J connectivity index is 1.56. The predicted molar refractivity (Wildman–Crippen MR) is 99.3 cm³/mol. The molecular weight excluding hydrogens is 276 g/mol. The highest BCUT2D eigenvalue weighted by molar-refractivity contribution is 5.07. The maximum atomic E-state index is 2.73. The molecule has 0 bridgehead atoms. The zero-order valence-corrected chi connectivity index (χ0v) is 16.5. The fraction of sp³-hybridized carbons (Fsp3) is 1.00. The van der Waals surface area contributed by atoms with Crippen molar-refractivity contribution in [3.63, 3.8) is 0 Å². The predicted octanol–water partition coefficient (Wildman–Crippen LogP) is 7.08. The van der Waals surface area contributed by atoms with Gasteiger partial charge in [-0.2, -0.15) is 0 Å². The lowest BCUT2D eigenvalue weighted by molar-refractivity contribution is -0.118. The van der Waals surface area contributed by atoms with E-state index in [1.807, 2.05) is 0 Å². The van der Waals surface area contributed by atoms with Crippen molar-refractivity contribution in [2.24, 2.45) is 45.8 Å². The minimum absolute atomic E-state index is 0.523. The minimum Gasteiger partial charge on any atom is -0.0599 e. The Morgan fingerprint density at radius 3 is 2.30 bits per heavy atom. The molecule has 4 fully saturated rings. The summed E-state index contributed by atoms with van der Waals surface area (Å²) >= 11 is 0. The third kappa shape index (κ3) is 2.44. The highest BCUT2D eigenvalue weighted by Crippen LogP contribution is 2.67. The molecule has 0 aromatic rings. The first-order valence-electron chi connectivity index (χ1n) is 10.7. The van der Waals surface area contributed by atoms with E-state index in [0.29, 0.717) is 10.8 Å². The van der Waals surface area contributed by atoms with Crippen molar-refractivity contribution >= 4 is 0 Å². The van der Waals surface area contributed by atoms with Crippen LogP contribution in [0.3, 0.4) is 0 Å². The normalized spacial score (nSPS) is 53.3. The second kappa shape index (κ2) is 5.25. The standard InChI is InChI=1S/C23H40/c1-21(2,3)16-10-14-23(5)17(15-16)8-9-18-19-7-6-12-22(19,4)13-11-20(18)23/h16-20H,6-15H2,1-5H3/t16?,17?,18?,19?,20?,22-,23-/m0/s1. The highest BCUT2D eigenvalue weighted by atomic mass is 14.6. The Kier molecular flexibility index (Phi) is 3.76. The molecule has 0 heterocycles. The van der Waals surface area contributed by atoms with E-state index in [0.717, 1.165) is 35.0 Å². The van der Waals surface area contributed by atoms with E-state index in [2.05, 4.69) is 34.6 Å². The average Bonchev–Trinajstić information content (AvgIpc) is 2.87. The van der Waals surface area contributed by atoms with Gasteiger partial charge in [-0.15, -0.1) is 0 Å². The summed E-state index contributed by atoms with van der Waals surface area (Å²) < 4.78 is 0. The summed E-state index contributed by atoms with van der Waals surface area (Å²) in [5.74, 6) is 5.24. The van der Waals surface area contributed by atoms with Crippen LogP contribution in [0.1, 0.15) is 98.8 Å². The molecule has 0 nitrogen and oxygen atoms in total. The second-order valence-corrected chi connectivity index (χ2v) is 11.6. The van der Waals surface area contributed by atoms with E-state index in [1.54, 1.807) is 32.1 Å². The van der Waals surface area contributed by atoms with Crippen molar-refractivity contribution < 1.29 is 0 Å². The summed E-state index contributed by atoms with van der Waals surface area (Å²) in [6.07, 6.45) is 15.4. The molecule has 0 heteroatoms. The SMILES string of the molecule is CC(C)(C)C1CC[C@@]2(C)C(CCC3C4CCC[C@@]4(C)CCC32)C1. The zero-order valence-electron chi connectivity index (χ0n) is 16.5. The van der Waals surface area contributed by atoms with E-state index < -0.39 is 0 Å². The van der Waals surface area contributed by atoms with Gasteiger partial charge in [-0.3, -0.25) is 0 Å². The van der Waals surface area contributed by atoms with Crippen LogP contribution in [0.4, 0.5) is 0 Å². The van der Waals surface area contributed by atoms with Crippen LogP contribution in [0.2, 0.25) is 0 Å². The molecule has 0 aromatic heterocycles. The molecular formula is C23H40. The molecule has 5 unspecified atom stereocenters. The van der Waals surface area contributed by atoms with Crippen LogP contribution in [-0.4, -0.2) is 0 Å². The van der Waals surface area contributed by atoms with Gasteiger partial charge >= 0.3 is 0 Å². The van der Waals surface area contributed by atoms with E-state index in [9.17, 15) is 0 Å². The minimum atomic E-state index is 0.523. The Bertz CT molecular complexity index is 457. The largest absolute Gasteiger partial charge is 0.0599 e. The molecule has 132 valence electrons. The van der Waals surface area contributed by atoms with E-state index in [1.165, 1.54) is 32.1 Å². The molecule has 7 atom stereocenters. The molecule has 0 spiro atoms. The van der Waals surface area contributed by atoms with Crippen LogP contribution < -0.4 is 0 Å². The van der Waals surface area contributed by atoms with Crippen LogP contribution in [-0.2, 0) is 0 Å². The Morgan fingerprint density at radius 2 is 1.57 bits per heavy atom. The lowest BCUT2D eigenvalue weighted by atomic mass is 9.44. The van der Waals surface area contributed by atoms with Gasteiger partial charge < -0.3 is 0 Å². The maximum Gasteiger partial charge on any atom is -0.0266 e. The van der Waals surface area contributed by atoms with Crippen LogP contribution in [0, 0.1) is 45.8 Å². The van der Waals surface area contributed by atoms with Crippen molar-refractivity contribution in [2.75, 3.05) is 0 Å². The fourth-order valence-electron chi connectivity index (χ4n) is 8.04.